The van der Waals surface area contributed by atoms with Crippen molar-refractivity contribution in [2.45, 2.75) is 50.0 Å². The quantitative estimate of drug-likeness (QED) is 0.835. The molecule has 1 saturated carbocycles. The molecular formula is C15H25N3O2S. The SMILES string of the molecule is CCC1CCC(N(C)c2ccc(S(N)(=O)=O)c(N)c2)CC1. The lowest BCUT2D eigenvalue weighted by atomic mass is 9.84. The molecule has 1 aromatic carbocycles. The first-order valence-electron chi connectivity index (χ1n) is 7.48. The molecule has 6 heteroatoms. The number of sulfonamides is 1. The van der Waals surface area contributed by atoms with E-state index in [2.05, 4.69) is 11.8 Å². The summed E-state index contributed by atoms with van der Waals surface area (Å²) in [6.07, 6.45) is 6.12. The Labute approximate surface area is 127 Å². The Balaban J connectivity index is 2.14. The maximum Gasteiger partial charge on any atom is 0.240 e. The predicted octanol–water partition coefficient (Wildman–Crippen LogP) is 2.32. The fourth-order valence-corrected chi connectivity index (χ4v) is 3.81. The summed E-state index contributed by atoms with van der Waals surface area (Å²) in [5.41, 5.74) is 6.99. The maximum atomic E-state index is 11.4. The van der Waals surface area contributed by atoms with E-state index in [1.165, 1.54) is 38.2 Å². The summed E-state index contributed by atoms with van der Waals surface area (Å²) < 4.78 is 22.8. The van der Waals surface area contributed by atoms with Crippen molar-refractivity contribution in [1.29, 1.82) is 0 Å². The van der Waals surface area contributed by atoms with Gasteiger partial charge in [-0.15, -0.1) is 0 Å². The van der Waals surface area contributed by atoms with Crippen molar-refractivity contribution < 1.29 is 8.42 Å². The molecule has 0 radical (unpaired) electrons. The normalized spacial score (nSPS) is 23.0. The Morgan fingerprint density at radius 1 is 1.24 bits per heavy atom. The lowest BCUT2D eigenvalue weighted by Gasteiger charge is -2.36. The highest BCUT2D eigenvalue weighted by Crippen LogP contribution is 2.32. The van der Waals surface area contributed by atoms with Gasteiger partial charge in [0.25, 0.3) is 0 Å². The van der Waals surface area contributed by atoms with E-state index in [0.717, 1.165) is 11.6 Å². The minimum absolute atomic E-state index is 0.00524. The lowest BCUT2D eigenvalue weighted by Crippen LogP contribution is -2.35. The van der Waals surface area contributed by atoms with Crippen LogP contribution in [-0.4, -0.2) is 21.5 Å². The van der Waals surface area contributed by atoms with E-state index in [1.54, 1.807) is 12.1 Å². The second-order valence-electron chi connectivity index (χ2n) is 5.96. The zero-order valence-corrected chi connectivity index (χ0v) is 13.6. The van der Waals surface area contributed by atoms with Crippen LogP contribution in [0.3, 0.4) is 0 Å². The van der Waals surface area contributed by atoms with Crippen LogP contribution in [0.5, 0.6) is 0 Å². The molecule has 0 heterocycles. The fraction of sp³-hybridized carbons (Fsp3) is 0.600. The van der Waals surface area contributed by atoms with Crippen molar-refractivity contribution in [3.63, 3.8) is 0 Å². The fourth-order valence-electron chi connectivity index (χ4n) is 3.17. The first kappa shape index (κ1) is 16.1. The number of nitrogen functional groups attached to an aromatic ring is 1. The minimum atomic E-state index is -3.76. The summed E-state index contributed by atoms with van der Waals surface area (Å²) in [6, 6.07) is 5.47. The summed E-state index contributed by atoms with van der Waals surface area (Å²) in [5.74, 6) is 0.851. The van der Waals surface area contributed by atoms with Crippen LogP contribution in [0.4, 0.5) is 11.4 Å². The number of nitrogens with zero attached hydrogens (tertiary/aromatic N) is 1. The summed E-state index contributed by atoms with van der Waals surface area (Å²) in [7, 11) is -1.71. The van der Waals surface area contributed by atoms with Crippen LogP contribution in [0.2, 0.25) is 0 Å². The summed E-state index contributed by atoms with van der Waals surface area (Å²) in [4.78, 5) is 2.20. The number of hydrogen-bond acceptors (Lipinski definition) is 4. The van der Waals surface area contributed by atoms with Crippen molar-refractivity contribution in [1.82, 2.24) is 0 Å². The van der Waals surface area contributed by atoms with Gasteiger partial charge < -0.3 is 10.6 Å². The van der Waals surface area contributed by atoms with Crippen molar-refractivity contribution in [2.24, 2.45) is 11.1 Å². The van der Waals surface area contributed by atoms with Crippen LogP contribution < -0.4 is 15.8 Å². The maximum absolute atomic E-state index is 11.4. The summed E-state index contributed by atoms with van der Waals surface area (Å²) in [6.45, 7) is 2.25. The van der Waals surface area contributed by atoms with Gasteiger partial charge in [-0.3, -0.25) is 0 Å². The van der Waals surface area contributed by atoms with Gasteiger partial charge in [-0.05, 0) is 49.8 Å². The molecule has 0 atom stereocenters. The van der Waals surface area contributed by atoms with Crippen molar-refractivity contribution in [3.05, 3.63) is 18.2 Å². The molecule has 0 saturated heterocycles. The number of primary sulfonamides is 1. The number of rotatable bonds is 4. The largest absolute Gasteiger partial charge is 0.398 e. The Morgan fingerprint density at radius 3 is 2.33 bits per heavy atom. The molecule has 0 aliphatic heterocycles. The number of hydrogen-bond donors (Lipinski definition) is 2. The minimum Gasteiger partial charge on any atom is -0.398 e. The lowest BCUT2D eigenvalue weighted by molar-refractivity contribution is 0.313. The number of nitrogens with two attached hydrogens (primary N) is 2. The third-order valence-electron chi connectivity index (χ3n) is 4.65. The average molecular weight is 311 g/mol. The van der Waals surface area contributed by atoms with Gasteiger partial charge in [0.05, 0.1) is 5.69 Å². The predicted molar refractivity (Wildman–Crippen MR) is 86.7 cm³/mol. The molecule has 118 valence electrons. The van der Waals surface area contributed by atoms with Crippen LogP contribution >= 0.6 is 0 Å². The zero-order valence-electron chi connectivity index (χ0n) is 12.7. The molecular weight excluding hydrogens is 286 g/mol. The Morgan fingerprint density at radius 2 is 1.86 bits per heavy atom. The highest BCUT2D eigenvalue weighted by molar-refractivity contribution is 7.89. The van der Waals surface area contributed by atoms with Gasteiger partial charge in [0.15, 0.2) is 0 Å². The van der Waals surface area contributed by atoms with Crippen LogP contribution in [0, 0.1) is 5.92 Å². The van der Waals surface area contributed by atoms with Gasteiger partial charge in [-0.1, -0.05) is 13.3 Å². The van der Waals surface area contributed by atoms with E-state index in [0.29, 0.717) is 6.04 Å². The molecule has 21 heavy (non-hydrogen) atoms. The van der Waals surface area contributed by atoms with E-state index in [4.69, 9.17) is 10.9 Å². The third kappa shape index (κ3) is 3.68. The standard InChI is InChI=1S/C15H25N3O2S/c1-3-11-4-6-12(7-5-11)18(2)13-8-9-15(14(16)10-13)21(17,19)20/h8-12H,3-7,16H2,1-2H3,(H2,17,19,20). The van der Waals surface area contributed by atoms with Gasteiger partial charge in [-0.25, -0.2) is 13.6 Å². The molecule has 0 aromatic heterocycles. The second kappa shape index (κ2) is 6.23. The van der Waals surface area contributed by atoms with Gasteiger partial charge in [0, 0.05) is 18.8 Å². The van der Waals surface area contributed by atoms with E-state index >= 15 is 0 Å². The van der Waals surface area contributed by atoms with Crippen LogP contribution in [0.15, 0.2) is 23.1 Å². The third-order valence-corrected chi connectivity index (χ3v) is 5.63. The van der Waals surface area contributed by atoms with Gasteiger partial charge in [0.1, 0.15) is 4.90 Å². The molecule has 1 aromatic rings. The number of benzene rings is 1. The monoisotopic (exact) mass is 311 g/mol. The molecule has 0 amide bonds. The van der Waals surface area contributed by atoms with Crippen molar-refractivity contribution >= 4 is 21.4 Å². The molecule has 0 unspecified atom stereocenters. The Kier molecular flexibility index (Phi) is 4.78. The van der Waals surface area contributed by atoms with E-state index < -0.39 is 10.0 Å². The second-order valence-corrected chi connectivity index (χ2v) is 7.49. The summed E-state index contributed by atoms with van der Waals surface area (Å²) in [5, 5.41) is 5.14. The molecule has 0 spiro atoms. The zero-order chi connectivity index (χ0) is 15.6. The Bertz CT molecular complexity index is 593. The highest BCUT2D eigenvalue weighted by atomic mass is 32.2. The summed E-state index contributed by atoms with van der Waals surface area (Å²) >= 11 is 0. The molecule has 1 aliphatic carbocycles. The van der Waals surface area contributed by atoms with Gasteiger partial charge >= 0.3 is 0 Å². The van der Waals surface area contributed by atoms with E-state index in [9.17, 15) is 8.42 Å². The van der Waals surface area contributed by atoms with E-state index in [1.807, 2.05) is 7.05 Å². The smallest absolute Gasteiger partial charge is 0.240 e. The average Bonchev–Trinajstić information content (AvgIpc) is 2.45. The molecule has 4 N–H and O–H groups in total. The molecule has 1 fully saturated rings. The molecule has 1 aliphatic rings. The van der Waals surface area contributed by atoms with Gasteiger partial charge in [-0.2, -0.15) is 0 Å². The van der Waals surface area contributed by atoms with E-state index in [-0.39, 0.29) is 10.6 Å². The van der Waals surface area contributed by atoms with Crippen molar-refractivity contribution in [3.8, 4) is 0 Å². The van der Waals surface area contributed by atoms with Gasteiger partial charge in [0.2, 0.25) is 10.0 Å². The van der Waals surface area contributed by atoms with Crippen LogP contribution in [-0.2, 0) is 10.0 Å². The Hall–Kier alpha value is -1.27. The molecule has 5 nitrogen and oxygen atoms in total. The number of anilines is 2. The molecule has 0 bridgehead atoms. The highest BCUT2D eigenvalue weighted by Gasteiger charge is 2.24. The first-order chi connectivity index (χ1) is 9.82. The topological polar surface area (TPSA) is 89.4 Å². The molecule has 2 rings (SSSR count). The van der Waals surface area contributed by atoms with Crippen LogP contribution in [0.25, 0.3) is 0 Å². The van der Waals surface area contributed by atoms with Crippen LogP contribution in [0.1, 0.15) is 39.0 Å². The van der Waals surface area contributed by atoms with Crippen molar-refractivity contribution in [2.75, 3.05) is 17.7 Å². The first-order valence-corrected chi connectivity index (χ1v) is 9.02.